The van der Waals surface area contributed by atoms with Crippen LogP contribution in [0.5, 0.6) is 0 Å². The Balaban J connectivity index is 3.27. The van der Waals surface area contributed by atoms with Gasteiger partial charge in [0.25, 0.3) is 0 Å². The molecule has 0 aliphatic heterocycles. The molecule has 0 bridgehead atoms. The Kier molecular flexibility index (Phi) is 3.74. The van der Waals surface area contributed by atoms with Gasteiger partial charge in [0.2, 0.25) is 0 Å². The lowest BCUT2D eigenvalue weighted by molar-refractivity contribution is 0.598. The Labute approximate surface area is 92.1 Å². The fourth-order valence-electron chi connectivity index (χ4n) is 1.21. The third-order valence-electron chi connectivity index (χ3n) is 1.96. The highest BCUT2D eigenvalue weighted by Gasteiger charge is 2.16. The molecule has 74 valence electrons. The third kappa shape index (κ3) is 2.17. The Morgan fingerprint density at radius 1 is 1.50 bits per heavy atom. The lowest BCUT2D eigenvalue weighted by Crippen LogP contribution is -1.98. The Morgan fingerprint density at radius 3 is 2.64 bits per heavy atom. The van der Waals surface area contributed by atoms with Crippen molar-refractivity contribution in [1.82, 2.24) is 0 Å². The van der Waals surface area contributed by atoms with Crippen molar-refractivity contribution in [2.45, 2.75) is 19.3 Å². The molecule has 1 atom stereocenters. The summed E-state index contributed by atoms with van der Waals surface area (Å²) in [5, 5.41) is 9.09. The van der Waals surface area contributed by atoms with Crippen LogP contribution >= 0.6 is 23.2 Å². The minimum atomic E-state index is -0.551. The summed E-state index contributed by atoms with van der Waals surface area (Å²) in [4.78, 5) is 0. The van der Waals surface area contributed by atoms with E-state index in [1.807, 2.05) is 13.0 Å². The van der Waals surface area contributed by atoms with Crippen molar-refractivity contribution < 1.29 is 4.39 Å². The van der Waals surface area contributed by atoms with Crippen molar-refractivity contribution in [3.63, 3.8) is 0 Å². The van der Waals surface area contributed by atoms with Crippen LogP contribution in [-0.2, 0) is 0 Å². The van der Waals surface area contributed by atoms with Gasteiger partial charge in [-0.1, -0.05) is 30.1 Å². The van der Waals surface area contributed by atoms with Crippen LogP contribution < -0.4 is 0 Å². The number of nitrogens with zero attached hydrogens (tertiary/aromatic N) is 1. The first kappa shape index (κ1) is 11.3. The van der Waals surface area contributed by atoms with Crippen molar-refractivity contribution in [2.24, 2.45) is 0 Å². The molecule has 0 fully saturated rings. The smallest absolute Gasteiger partial charge is 0.146 e. The van der Waals surface area contributed by atoms with E-state index >= 15 is 0 Å². The molecular formula is C10H8Cl2FN. The lowest BCUT2D eigenvalue weighted by Gasteiger charge is -2.09. The van der Waals surface area contributed by atoms with Crippen LogP contribution in [-0.4, -0.2) is 0 Å². The maximum atomic E-state index is 13.5. The van der Waals surface area contributed by atoms with Crippen LogP contribution in [0.4, 0.5) is 4.39 Å². The standard InChI is InChI=1S/C10H8Cl2FN/c1-2-6(5-14)8-3-7(11)4-9(12)10(8)13/h3-4,6H,2H2,1H3. The predicted molar refractivity (Wildman–Crippen MR) is 55.1 cm³/mol. The Bertz CT molecular complexity index is 384. The van der Waals surface area contributed by atoms with Crippen molar-refractivity contribution >= 4 is 23.2 Å². The van der Waals surface area contributed by atoms with Crippen LogP contribution in [0.15, 0.2) is 12.1 Å². The van der Waals surface area contributed by atoms with Gasteiger partial charge in [-0.2, -0.15) is 5.26 Å². The second-order valence-corrected chi connectivity index (χ2v) is 3.72. The summed E-state index contributed by atoms with van der Waals surface area (Å²) in [6, 6.07) is 4.78. The molecule has 0 saturated carbocycles. The maximum Gasteiger partial charge on any atom is 0.146 e. The summed E-state index contributed by atoms with van der Waals surface area (Å²) >= 11 is 11.3. The second kappa shape index (κ2) is 4.63. The molecule has 0 heterocycles. The van der Waals surface area contributed by atoms with E-state index in [2.05, 4.69) is 0 Å². The highest BCUT2D eigenvalue weighted by molar-refractivity contribution is 6.34. The molecule has 1 rings (SSSR count). The van der Waals surface area contributed by atoms with E-state index in [0.29, 0.717) is 11.4 Å². The summed E-state index contributed by atoms with van der Waals surface area (Å²) < 4.78 is 13.5. The van der Waals surface area contributed by atoms with Crippen molar-refractivity contribution in [2.75, 3.05) is 0 Å². The van der Waals surface area contributed by atoms with Crippen LogP contribution in [0.3, 0.4) is 0 Å². The SMILES string of the molecule is CCC(C#N)c1cc(Cl)cc(Cl)c1F. The molecule has 0 saturated heterocycles. The van der Waals surface area contributed by atoms with Gasteiger partial charge in [-0.25, -0.2) is 4.39 Å². The maximum absolute atomic E-state index is 13.5. The average molecular weight is 232 g/mol. The first-order chi connectivity index (χ1) is 6.60. The minimum absolute atomic E-state index is 0.0406. The van der Waals surface area contributed by atoms with Crippen LogP contribution in [0, 0.1) is 17.1 Å². The summed E-state index contributed by atoms with van der Waals surface area (Å²) in [5.41, 5.74) is 0.271. The number of nitriles is 1. The molecule has 0 aliphatic rings. The Morgan fingerprint density at radius 2 is 2.14 bits per heavy atom. The zero-order valence-electron chi connectivity index (χ0n) is 7.52. The molecule has 4 heteroatoms. The first-order valence-corrected chi connectivity index (χ1v) is 4.89. The van der Waals surface area contributed by atoms with Gasteiger partial charge in [0, 0.05) is 10.6 Å². The van der Waals surface area contributed by atoms with Crippen molar-refractivity contribution in [3.05, 3.63) is 33.6 Å². The average Bonchev–Trinajstić information content (AvgIpc) is 2.15. The van der Waals surface area contributed by atoms with E-state index in [4.69, 9.17) is 28.5 Å². The fourth-order valence-corrected chi connectivity index (χ4v) is 1.72. The molecule has 14 heavy (non-hydrogen) atoms. The van der Waals surface area contributed by atoms with Gasteiger partial charge in [-0.05, 0) is 18.6 Å². The van der Waals surface area contributed by atoms with Gasteiger partial charge in [-0.15, -0.1) is 0 Å². The molecule has 0 spiro atoms. The first-order valence-electron chi connectivity index (χ1n) is 4.14. The normalized spacial score (nSPS) is 12.2. The summed E-state index contributed by atoms with van der Waals surface area (Å²) in [6.07, 6.45) is 0.532. The molecule has 1 aromatic carbocycles. The highest BCUT2D eigenvalue weighted by Crippen LogP contribution is 2.30. The lowest BCUT2D eigenvalue weighted by atomic mass is 9.98. The topological polar surface area (TPSA) is 23.8 Å². The zero-order chi connectivity index (χ0) is 10.7. The molecular weight excluding hydrogens is 224 g/mol. The number of rotatable bonds is 2. The number of hydrogen-bond acceptors (Lipinski definition) is 1. The van der Waals surface area contributed by atoms with Gasteiger partial charge >= 0.3 is 0 Å². The van der Waals surface area contributed by atoms with E-state index in [1.54, 1.807) is 0 Å². The van der Waals surface area contributed by atoms with Gasteiger partial charge in [0.15, 0.2) is 0 Å². The molecule has 0 radical (unpaired) electrons. The van der Waals surface area contributed by atoms with Gasteiger partial charge in [-0.3, -0.25) is 0 Å². The highest BCUT2D eigenvalue weighted by atomic mass is 35.5. The fraction of sp³-hybridized carbons (Fsp3) is 0.300. The van der Waals surface area contributed by atoms with Crippen LogP contribution in [0.2, 0.25) is 10.0 Å². The minimum Gasteiger partial charge on any atom is -0.205 e. The predicted octanol–water partition coefficient (Wildman–Crippen LogP) is 4.15. The van der Waals surface area contributed by atoms with Crippen molar-refractivity contribution in [1.29, 1.82) is 5.26 Å². The second-order valence-electron chi connectivity index (χ2n) is 2.88. The molecule has 1 aromatic rings. The van der Waals surface area contributed by atoms with E-state index in [-0.39, 0.29) is 10.6 Å². The van der Waals surface area contributed by atoms with Crippen LogP contribution in [0.25, 0.3) is 0 Å². The largest absolute Gasteiger partial charge is 0.205 e. The van der Waals surface area contributed by atoms with E-state index < -0.39 is 11.7 Å². The van der Waals surface area contributed by atoms with Gasteiger partial charge in [0.1, 0.15) is 5.82 Å². The Hall–Kier alpha value is -0.780. The summed E-state index contributed by atoms with van der Waals surface area (Å²) in [6.45, 7) is 1.81. The van der Waals surface area contributed by atoms with Gasteiger partial charge < -0.3 is 0 Å². The molecule has 0 N–H and O–H groups in total. The monoisotopic (exact) mass is 231 g/mol. The summed E-state index contributed by atoms with van der Waals surface area (Å²) in [5.74, 6) is -1.05. The number of halogens is 3. The third-order valence-corrected chi connectivity index (χ3v) is 2.45. The summed E-state index contributed by atoms with van der Waals surface area (Å²) in [7, 11) is 0. The van der Waals surface area contributed by atoms with Gasteiger partial charge in [0.05, 0.1) is 17.0 Å². The molecule has 0 aliphatic carbocycles. The quantitative estimate of drug-likeness (QED) is 0.702. The number of benzene rings is 1. The molecule has 0 amide bonds. The van der Waals surface area contributed by atoms with E-state index in [1.165, 1.54) is 12.1 Å². The molecule has 1 nitrogen and oxygen atoms in total. The zero-order valence-corrected chi connectivity index (χ0v) is 9.03. The van der Waals surface area contributed by atoms with Crippen molar-refractivity contribution in [3.8, 4) is 6.07 Å². The number of hydrogen-bond donors (Lipinski definition) is 0. The molecule has 1 unspecified atom stereocenters. The van der Waals surface area contributed by atoms with E-state index in [9.17, 15) is 4.39 Å². The molecule has 0 aromatic heterocycles. The van der Waals surface area contributed by atoms with E-state index in [0.717, 1.165) is 0 Å². The van der Waals surface area contributed by atoms with Crippen LogP contribution in [0.1, 0.15) is 24.8 Å².